The number of hydrogen-bond acceptors (Lipinski definition) is 4. The number of carbonyl (C=O) groups is 1. The topological polar surface area (TPSA) is 82.7 Å². The molecule has 0 spiro atoms. The molecule has 4 rings (SSSR count). The Bertz CT molecular complexity index is 1060. The van der Waals surface area contributed by atoms with E-state index in [-0.39, 0.29) is 5.91 Å². The van der Waals surface area contributed by atoms with Gasteiger partial charge in [0.1, 0.15) is 5.82 Å². The van der Waals surface area contributed by atoms with E-state index >= 15 is 0 Å². The molecule has 1 aliphatic rings. The molecule has 6 heteroatoms. The summed E-state index contributed by atoms with van der Waals surface area (Å²) in [6, 6.07) is 15.5. The van der Waals surface area contributed by atoms with Crippen LogP contribution in [-0.2, 0) is 13.6 Å². The lowest BCUT2D eigenvalue weighted by Gasteiger charge is -2.22. The fourth-order valence-corrected chi connectivity index (χ4v) is 3.91. The first-order valence-corrected chi connectivity index (χ1v) is 10.1. The summed E-state index contributed by atoms with van der Waals surface area (Å²) in [5.74, 6) is 0.871. The number of aromatic nitrogens is 2. The number of nitrogens with one attached hydrogen (secondary N) is 2. The second-order valence-electron chi connectivity index (χ2n) is 7.64. The molecule has 1 aromatic heterocycles. The Morgan fingerprint density at radius 3 is 2.66 bits per heavy atom. The highest BCUT2D eigenvalue weighted by Crippen LogP contribution is 2.20. The van der Waals surface area contributed by atoms with Crippen LogP contribution in [-0.4, -0.2) is 21.5 Å². The first kappa shape index (κ1) is 19.0. The van der Waals surface area contributed by atoms with Gasteiger partial charge in [0.15, 0.2) is 0 Å². The number of nitrogens with zero attached hydrogens (tertiary/aromatic N) is 3. The van der Waals surface area contributed by atoms with Crippen molar-refractivity contribution < 1.29 is 4.79 Å². The number of amides is 1. The molecule has 0 saturated heterocycles. The molecule has 148 valence electrons. The Labute approximate surface area is 170 Å². The summed E-state index contributed by atoms with van der Waals surface area (Å²) in [5, 5.41) is 15.4. The van der Waals surface area contributed by atoms with E-state index in [0.717, 1.165) is 35.4 Å². The first-order valence-electron chi connectivity index (χ1n) is 10.1. The predicted molar refractivity (Wildman–Crippen MR) is 114 cm³/mol. The molecule has 1 heterocycles. The van der Waals surface area contributed by atoms with Crippen molar-refractivity contribution in [2.24, 2.45) is 7.05 Å². The molecule has 1 aliphatic carbocycles. The average Bonchev–Trinajstić information content (AvgIpc) is 3.08. The fourth-order valence-electron chi connectivity index (χ4n) is 3.91. The van der Waals surface area contributed by atoms with E-state index in [9.17, 15) is 4.79 Å². The van der Waals surface area contributed by atoms with Gasteiger partial charge in [-0.3, -0.25) is 4.79 Å². The number of anilines is 1. The first-order chi connectivity index (χ1) is 14.1. The summed E-state index contributed by atoms with van der Waals surface area (Å²) < 4.78 is 2.04. The smallest absolute Gasteiger partial charge is 0.251 e. The molecule has 1 fully saturated rings. The number of nitriles is 1. The maximum absolute atomic E-state index is 12.6. The van der Waals surface area contributed by atoms with Gasteiger partial charge in [0.05, 0.1) is 29.2 Å². The highest BCUT2D eigenvalue weighted by Gasteiger charge is 2.17. The summed E-state index contributed by atoms with van der Waals surface area (Å²) in [6.45, 7) is 0.556. The van der Waals surface area contributed by atoms with Crippen LogP contribution in [0, 0.1) is 11.3 Å². The molecule has 0 radical (unpaired) electrons. The highest BCUT2D eigenvalue weighted by atomic mass is 16.1. The second-order valence-corrected chi connectivity index (χ2v) is 7.64. The summed E-state index contributed by atoms with van der Waals surface area (Å²) in [7, 11) is 1.98. The molecule has 1 amide bonds. The van der Waals surface area contributed by atoms with Crippen LogP contribution in [0.1, 0.15) is 53.8 Å². The second kappa shape index (κ2) is 8.36. The minimum atomic E-state index is -0.0123. The van der Waals surface area contributed by atoms with E-state index in [1.54, 1.807) is 12.1 Å². The van der Waals surface area contributed by atoms with Crippen molar-refractivity contribution in [1.82, 2.24) is 14.9 Å². The summed E-state index contributed by atoms with van der Waals surface area (Å²) in [6.07, 6.45) is 5.80. The van der Waals surface area contributed by atoms with Gasteiger partial charge >= 0.3 is 0 Å². The van der Waals surface area contributed by atoms with Crippen molar-refractivity contribution in [2.75, 3.05) is 5.32 Å². The van der Waals surface area contributed by atoms with Gasteiger partial charge in [0.25, 0.3) is 5.91 Å². The van der Waals surface area contributed by atoms with E-state index in [1.165, 1.54) is 19.3 Å². The Morgan fingerprint density at radius 2 is 1.93 bits per heavy atom. The third kappa shape index (κ3) is 4.24. The molecule has 0 atom stereocenters. The summed E-state index contributed by atoms with van der Waals surface area (Å²) >= 11 is 0. The number of benzene rings is 2. The molecule has 0 bridgehead atoms. The van der Waals surface area contributed by atoms with Crippen LogP contribution in [0.25, 0.3) is 11.0 Å². The van der Waals surface area contributed by atoms with Crippen LogP contribution < -0.4 is 10.6 Å². The Hall–Kier alpha value is -3.33. The van der Waals surface area contributed by atoms with Gasteiger partial charge in [0.2, 0.25) is 0 Å². The van der Waals surface area contributed by atoms with E-state index < -0.39 is 0 Å². The summed E-state index contributed by atoms with van der Waals surface area (Å²) in [5.41, 5.74) is 4.05. The van der Waals surface area contributed by atoms with Gasteiger partial charge in [0, 0.05) is 24.3 Å². The number of fused-ring (bicyclic) bond motifs is 1. The minimum Gasteiger partial charge on any atom is -0.378 e. The normalized spacial score (nSPS) is 14.5. The Morgan fingerprint density at radius 1 is 1.17 bits per heavy atom. The van der Waals surface area contributed by atoms with E-state index in [1.807, 2.05) is 41.9 Å². The van der Waals surface area contributed by atoms with Crippen molar-refractivity contribution in [2.45, 2.75) is 44.7 Å². The van der Waals surface area contributed by atoms with Crippen molar-refractivity contribution in [3.05, 3.63) is 59.4 Å². The van der Waals surface area contributed by atoms with Crippen molar-refractivity contribution in [3.8, 4) is 6.07 Å². The van der Waals surface area contributed by atoms with Crippen LogP contribution in [0.3, 0.4) is 0 Å². The number of imidazole rings is 1. The number of rotatable bonds is 5. The van der Waals surface area contributed by atoms with Crippen LogP contribution in [0.5, 0.6) is 0 Å². The molecule has 6 nitrogen and oxygen atoms in total. The van der Waals surface area contributed by atoms with Gasteiger partial charge in [-0.05, 0) is 55.3 Å². The maximum Gasteiger partial charge on any atom is 0.251 e. The Balaban J connectivity index is 1.47. The van der Waals surface area contributed by atoms with Gasteiger partial charge in [-0.1, -0.05) is 19.3 Å². The lowest BCUT2D eigenvalue weighted by molar-refractivity contribution is 0.0928. The fraction of sp³-hybridized carbons (Fsp3) is 0.348. The maximum atomic E-state index is 12.6. The molecule has 0 unspecified atom stereocenters. The molecule has 2 N–H and O–H groups in total. The molecular formula is C23H25N5O. The molecule has 2 aromatic carbocycles. The summed E-state index contributed by atoms with van der Waals surface area (Å²) in [4.78, 5) is 17.3. The Kier molecular flexibility index (Phi) is 5.48. The predicted octanol–water partition coefficient (Wildman–Crippen LogP) is 4.12. The van der Waals surface area contributed by atoms with Crippen LogP contribution in [0.2, 0.25) is 0 Å². The SMILES string of the molecule is Cn1c(CNc2ccc(C#N)cc2)nc2cc(C(=O)NC3CCCCC3)ccc21. The van der Waals surface area contributed by atoms with Crippen LogP contribution in [0.15, 0.2) is 42.5 Å². The lowest BCUT2D eigenvalue weighted by Crippen LogP contribution is -2.36. The highest BCUT2D eigenvalue weighted by molar-refractivity contribution is 5.97. The molecule has 3 aromatic rings. The molecular weight excluding hydrogens is 362 g/mol. The zero-order valence-corrected chi connectivity index (χ0v) is 16.6. The van der Waals surface area contributed by atoms with Crippen molar-refractivity contribution in [1.29, 1.82) is 5.26 Å². The van der Waals surface area contributed by atoms with E-state index in [2.05, 4.69) is 16.7 Å². The van der Waals surface area contributed by atoms with Crippen molar-refractivity contribution in [3.63, 3.8) is 0 Å². The zero-order chi connectivity index (χ0) is 20.2. The zero-order valence-electron chi connectivity index (χ0n) is 16.6. The minimum absolute atomic E-state index is 0.0123. The number of hydrogen-bond donors (Lipinski definition) is 2. The quantitative estimate of drug-likeness (QED) is 0.690. The third-order valence-electron chi connectivity index (χ3n) is 5.64. The van der Waals surface area contributed by atoms with Gasteiger partial charge in [-0.2, -0.15) is 5.26 Å². The van der Waals surface area contributed by atoms with Gasteiger partial charge < -0.3 is 15.2 Å². The lowest BCUT2D eigenvalue weighted by atomic mass is 9.95. The molecule has 0 aliphatic heterocycles. The monoisotopic (exact) mass is 387 g/mol. The van der Waals surface area contributed by atoms with Crippen molar-refractivity contribution >= 4 is 22.6 Å². The molecule has 1 saturated carbocycles. The number of aryl methyl sites for hydroxylation is 1. The van der Waals surface area contributed by atoms with E-state index in [4.69, 9.17) is 10.2 Å². The number of carbonyl (C=O) groups excluding carboxylic acids is 1. The van der Waals surface area contributed by atoms with Gasteiger partial charge in [-0.15, -0.1) is 0 Å². The van der Waals surface area contributed by atoms with Gasteiger partial charge in [-0.25, -0.2) is 4.98 Å². The molecule has 29 heavy (non-hydrogen) atoms. The van der Waals surface area contributed by atoms with Crippen LogP contribution >= 0.6 is 0 Å². The van der Waals surface area contributed by atoms with Crippen LogP contribution in [0.4, 0.5) is 5.69 Å². The third-order valence-corrected chi connectivity index (χ3v) is 5.64. The van der Waals surface area contributed by atoms with E-state index in [0.29, 0.717) is 23.7 Å². The largest absolute Gasteiger partial charge is 0.378 e. The standard InChI is InChI=1S/C23H25N5O/c1-28-21-12-9-17(23(29)26-19-5-3-2-4-6-19)13-20(21)27-22(28)15-25-18-10-7-16(14-24)8-11-18/h7-13,19,25H,2-6,15H2,1H3,(H,26,29). The average molecular weight is 387 g/mol.